The monoisotopic (exact) mass is 297 g/mol. The molecule has 0 atom stereocenters. The molecule has 1 aromatic carbocycles. The summed E-state index contributed by atoms with van der Waals surface area (Å²) in [6, 6.07) is 5.23. The van der Waals surface area contributed by atoms with Gasteiger partial charge >= 0.3 is 0 Å². The highest BCUT2D eigenvalue weighted by Gasteiger charge is 2.12. The molecule has 0 amide bonds. The predicted octanol–water partition coefficient (Wildman–Crippen LogP) is 2.23. The van der Waals surface area contributed by atoms with Crippen LogP contribution >= 0.6 is 12.2 Å². The van der Waals surface area contributed by atoms with Gasteiger partial charge in [0, 0.05) is 17.7 Å². The van der Waals surface area contributed by atoms with Crippen LogP contribution in [0.1, 0.15) is 24.5 Å². The molecule has 0 aromatic heterocycles. The molecule has 0 bridgehead atoms. The van der Waals surface area contributed by atoms with Gasteiger partial charge in [0.05, 0.1) is 0 Å². The number of nitrogens with zero attached hydrogens (tertiary/aromatic N) is 2. The van der Waals surface area contributed by atoms with Crippen LogP contribution in [0, 0.1) is 5.82 Å². The number of rotatable bonds is 8. The number of hydrogen-bond donors (Lipinski definition) is 1. The smallest absolute Gasteiger partial charge is 0.137 e. The summed E-state index contributed by atoms with van der Waals surface area (Å²) in [6.07, 6.45) is 1.07. The number of hydrogen-bond acceptors (Lipinski definition) is 3. The first-order valence-electron chi connectivity index (χ1n) is 6.90. The minimum absolute atomic E-state index is 0.111. The van der Waals surface area contributed by atoms with E-state index in [0.717, 1.165) is 26.1 Å². The Kier molecular flexibility index (Phi) is 7.05. The van der Waals surface area contributed by atoms with E-state index in [9.17, 15) is 4.39 Å². The quantitative estimate of drug-likeness (QED) is 0.746. The Hall–Kier alpha value is -1.04. The molecule has 2 N–H and O–H groups in total. The van der Waals surface area contributed by atoms with E-state index < -0.39 is 0 Å². The lowest BCUT2D eigenvalue weighted by Crippen LogP contribution is -2.27. The first-order valence-corrected chi connectivity index (χ1v) is 7.30. The van der Waals surface area contributed by atoms with Crippen LogP contribution in [-0.2, 0) is 6.54 Å². The zero-order chi connectivity index (χ0) is 15.1. The van der Waals surface area contributed by atoms with Crippen molar-refractivity contribution in [2.24, 2.45) is 5.73 Å². The van der Waals surface area contributed by atoms with Crippen molar-refractivity contribution in [1.82, 2.24) is 9.80 Å². The van der Waals surface area contributed by atoms with Crippen molar-refractivity contribution in [3.63, 3.8) is 0 Å². The van der Waals surface area contributed by atoms with Crippen molar-refractivity contribution in [3.8, 4) is 0 Å². The van der Waals surface area contributed by atoms with Crippen LogP contribution in [-0.4, -0.2) is 48.5 Å². The molecule has 0 radical (unpaired) electrons. The molecule has 0 spiro atoms. The Morgan fingerprint density at radius 2 is 2.00 bits per heavy atom. The van der Waals surface area contributed by atoms with Gasteiger partial charge in [-0.25, -0.2) is 4.39 Å². The first-order chi connectivity index (χ1) is 9.45. The minimum atomic E-state index is -0.286. The fourth-order valence-corrected chi connectivity index (χ4v) is 2.25. The summed E-state index contributed by atoms with van der Waals surface area (Å²) in [7, 11) is 4.11. The molecular formula is C15H24FN3S. The van der Waals surface area contributed by atoms with Crippen LogP contribution in [0.2, 0.25) is 0 Å². The lowest BCUT2D eigenvalue weighted by atomic mass is 10.1. The largest absolute Gasteiger partial charge is 0.389 e. The molecule has 20 heavy (non-hydrogen) atoms. The average molecular weight is 297 g/mol. The van der Waals surface area contributed by atoms with Crippen LogP contribution in [0.4, 0.5) is 4.39 Å². The summed E-state index contributed by atoms with van der Waals surface area (Å²) in [5.41, 5.74) is 6.52. The van der Waals surface area contributed by atoms with Gasteiger partial charge in [-0.3, -0.25) is 4.90 Å². The number of nitrogens with two attached hydrogens (primary N) is 1. The summed E-state index contributed by atoms with van der Waals surface area (Å²) in [5, 5.41) is 0. The van der Waals surface area contributed by atoms with Crippen molar-refractivity contribution in [1.29, 1.82) is 0 Å². The van der Waals surface area contributed by atoms with Crippen molar-refractivity contribution < 1.29 is 4.39 Å². The number of halogens is 1. The van der Waals surface area contributed by atoms with E-state index in [0.29, 0.717) is 17.7 Å². The molecule has 0 aliphatic heterocycles. The second-order valence-corrected chi connectivity index (χ2v) is 5.61. The molecule has 3 nitrogen and oxygen atoms in total. The summed E-state index contributed by atoms with van der Waals surface area (Å²) in [6.45, 7) is 5.55. The normalized spacial score (nSPS) is 11.3. The fraction of sp³-hybridized carbons (Fsp3) is 0.533. The van der Waals surface area contributed by atoms with E-state index in [1.165, 1.54) is 0 Å². The van der Waals surface area contributed by atoms with E-state index in [1.807, 2.05) is 0 Å². The Labute approximate surface area is 126 Å². The van der Waals surface area contributed by atoms with E-state index in [2.05, 4.69) is 30.8 Å². The van der Waals surface area contributed by atoms with Crippen molar-refractivity contribution >= 4 is 17.2 Å². The van der Waals surface area contributed by atoms with Gasteiger partial charge in [0.15, 0.2) is 0 Å². The second kappa shape index (κ2) is 8.29. The van der Waals surface area contributed by atoms with E-state index >= 15 is 0 Å². The topological polar surface area (TPSA) is 32.5 Å². The maximum Gasteiger partial charge on any atom is 0.137 e. The van der Waals surface area contributed by atoms with Crippen molar-refractivity contribution in [2.75, 3.05) is 33.7 Å². The highest BCUT2D eigenvalue weighted by molar-refractivity contribution is 7.80. The molecule has 0 fully saturated rings. The van der Waals surface area contributed by atoms with Gasteiger partial charge in [0.25, 0.3) is 0 Å². The van der Waals surface area contributed by atoms with Gasteiger partial charge in [0.1, 0.15) is 10.8 Å². The Bertz CT molecular complexity index is 449. The van der Waals surface area contributed by atoms with Crippen LogP contribution in [0.15, 0.2) is 18.2 Å². The predicted molar refractivity (Wildman–Crippen MR) is 86.4 cm³/mol. The molecule has 0 heterocycles. The first kappa shape index (κ1) is 17.0. The lowest BCUT2D eigenvalue weighted by molar-refractivity contribution is 0.256. The van der Waals surface area contributed by atoms with Crippen LogP contribution in [0.3, 0.4) is 0 Å². The molecule has 112 valence electrons. The van der Waals surface area contributed by atoms with E-state index in [-0.39, 0.29) is 10.8 Å². The third kappa shape index (κ3) is 5.15. The number of thiocarbonyl (C=S) groups is 1. The van der Waals surface area contributed by atoms with Crippen LogP contribution in [0.25, 0.3) is 0 Å². The zero-order valence-electron chi connectivity index (χ0n) is 12.5. The summed E-state index contributed by atoms with van der Waals surface area (Å²) >= 11 is 4.87. The molecule has 0 aliphatic carbocycles. The van der Waals surface area contributed by atoms with E-state index in [1.54, 1.807) is 18.2 Å². The number of benzene rings is 1. The van der Waals surface area contributed by atoms with Crippen LogP contribution in [0.5, 0.6) is 0 Å². The highest BCUT2D eigenvalue weighted by atomic mass is 32.1. The molecule has 0 unspecified atom stereocenters. The molecule has 1 aromatic rings. The molecule has 0 saturated carbocycles. The Morgan fingerprint density at radius 1 is 1.30 bits per heavy atom. The summed E-state index contributed by atoms with van der Waals surface area (Å²) < 4.78 is 14.3. The lowest BCUT2D eigenvalue weighted by Gasteiger charge is -2.22. The molecule has 1 rings (SSSR count). The van der Waals surface area contributed by atoms with Gasteiger partial charge in [-0.2, -0.15) is 0 Å². The SMILES string of the molecule is CCN(CCCN(C)C)Cc1cccc(C(N)=S)c1F. The minimum Gasteiger partial charge on any atom is -0.389 e. The Morgan fingerprint density at radius 3 is 2.55 bits per heavy atom. The van der Waals surface area contributed by atoms with E-state index in [4.69, 9.17) is 18.0 Å². The van der Waals surface area contributed by atoms with Crippen molar-refractivity contribution in [2.45, 2.75) is 19.9 Å². The third-order valence-electron chi connectivity index (χ3n) is 3.26. The standard InChI is InChI=1S/C15H24FN3S/c1-4-19(10-6-9-18(2)3)11-12-7-5-8-13(14(12)16)15(17)20/h5,7-8H,4,6,9-11H2,1-3H3,(H2,17,20). The second-order valence-electron chi connectivity index (χ2n) is 5.17. The summed E-state index contributed by atoms with van der Waals surface area (Å²) in [5.74, 6) is -0.286. The Balaban J connectivity index is 2.70. The fourth-order valence-electron chi connectivity index (χ4n) is 2.09. The van der Waals surface area contributed by atoms with Gasteiger partial charge in [-0.1, -0.05) is 31.3 Å². The molecule has 5 heteroatoms. The highest BCUT2D eigenvalue weighted by Crippen LogP contribution is 2.15. The van der Waals surface area contributed by atoms with Crippen LogP contribution < -0.4 is 5.73 Å². The van der Waals surface area contributed by atoms with Gasteiger partial charge in [0.2, 0.25) is 0 Å². The van der Waals surface area contributed by atoms with Gasteiger partial charge < -0.3 is 10.6 Å². The van der Waals surface area contributed by atoms with Gasteiger partial charge in [-0.15, -0.1) is 0 Å². The maximum absolute atomic E-state index is 14.3. The molecule has 0 aliphatic rings. The third-order valence-corrected chi connectivity index (χ3v) is 3.48. The summed E-state index contributed by atoms with van der Waals surface area (Å²) in [4.78, 5) is 4.49. The maximum atomic E-state index is 14.3. The molecular weight excluding hydrogens is 273 g/mol. The van der Waals surface area contributed by atoms with Gasteiger partial charge in [-0.05, 0) is 46.2 Å². The van der Waals surface area contributed by atoms with Crippen molar-refractivity contribution in [3.05, 3.63) is 35.1 Å². The average Bonchev–Trinajstić information content (AvgIpc) is 2.38. The zero-order valence-corrected chi connectivity index (χ0v) is 13.3. The molecule has 0 saturated heterocycles.